The van der Waals surface area contributed by atoms with Crippen molar-refractivity contribution in [1.82, 2.24) is 4.57 Å². The van der Waals surface area contributed by atoms with E-state index in [9.17, 15) is 4.79 Å². The average Bonchev–Trinajstić information content (AvgIpc) is 2.88. The van der Waals surface area contributed by atoms with Crippen LogP contribution < -0.4 is 0 Å². The van der Waals surface area contributed by atoms with Crippen molar-refractivity contribution in [2.75, 3.05) is 6.61 Å². The normalized spacial score (nSPS) is 11.1. The van der Waals surface area contributed by atoms with E-state index in [4.69, 9.17) is 4.74 Å². The van der Waals surface area contributed by atoms with Gasteiger partial charge in [-0.25, -0.2) is 0 Å². The van der Waals surface area contributed by atoms with E-state index in [1.54, 1.807) is 0 Å². The van der Waals surface area contributed by atoms with E-state index < -0.39 is 0 Å². The lowest BCUT2D eigenvalue weighted by Gasteiger charge is -2.05. The van der Waals surface area contributed by atoms with Crippen LogP contribution in [0.1, 0.15) is 57.9 Å². The van der Waals surface area contributed by atoms with Crippen LogP contribution >= 0.6 is 15.9 Å². The molecule has 3 nitrogen and oxygen atoms in total. The monoisotopic (exact) mass is 393 g/mol. The zero-order valence-corrected chi connectivity index (χ0v) is 16.4. The lowest BCUT2D eigenvalue weighted by atomic mass is 10.1. The molecule has 0 aliphatic carbocycles. The summed E-state index contributed by atoms with van der Waals surface area (Å²) in [4.78, 5) is 11.9. The number of hydrogen-bond acceptors (Lipinski definition) is 2. The Morgan fingerprint density at radius 2 is 1.88 bits per heavy atom. The fourth-order valence-corrected chi connectivity index (χ4v) is 3.46. The number of unbranched alkanes of at least 4 members (excludes halogenated alkanes) is 5. The maximum absolute atomic E-state index is 11.9. The number of halogens is 1. The smallest absolute Gasteiger partial charge is 0.310 e. The number of ether oxygens (including phenoxy) is 1. The summed E-state index contributed by atoms with van der Waals surface area (Å²) in [5.74, 6) is -0.156. The molecule has 0 amide bonds. The summed E-state index contributed by atoms with van der Waals surface area (Å²) < 4.78 is 8.44. The molecule has 0 unspecified atom stereocenters. The molecule has 0 radical (unpaired) electrons. The van der Waals surface area contributed by atoms with E-state index in [0.717, 1.165) is 22.0 Å². The van der Waals surface area contributed by atoms with Crippen LogP contribution in [0.15, 0.2) is 28.9 Å². The molecular formula is C20H28BrNO2. The Morgan fingerprint density at radius 3 is 2.62 bits per heavy atom. The van der Waals surface area contributed by atoms with Crippen molar-refractivity contribution in [1.29, 1.82) is 0 Å². The number of fused-ring (bicyclic) bond motifs is 1. The summed E-state index contributed by atoms with van der Waals surface area (Å²) in [5, 5.41) is 1.14. The van der Waals surface area contributed by atoms with Crippen LogP contribution in [0.3, 0.4) is 0 Å². The lowest BCUT2D eigenvalue weighted by molar-refractivity contribution is -0.142. The van der Waals surface area contributed by atoms with Gasteiger partial charge in [-0.3, -0.25) is 4.79 Å². The molecule has 132 valence electrons. The molecule has 2 aromatic rings. The van der Waals surface area contributed by atoms with Gasteiger partial charge >= 0.3 is 5.97 Å². The fraction of sp³-hybridized carbons (Fsp3) is 0.550. The number of esters is 1. The average molecular weight is 394 g/mol. The minimum atomic E-state index is -0.156. The summed E-state index contributed by atoms with van der Waals surface area (Å²) in [6.45, 7) is 5.53. The zero-order valence-electron chi connectivity index (χ0n) is 14.8. The van der Waals surface area contributed by atoms with E-state index in [-0.39, 0.29) is 5.97 Å². The van der Waals surface area contributed by atoms with Crippen LogP contribution in [0.4, 0.5) is 0 Å². The Kier molecular flexibility index (Phi) is 7.83. The van der Waals surface area contributed by atoms with Crippen molar-refractivity contribution in [2.24, 2.45) is 0 Å². The molecule has 0 fully saturated rings. The van der Waals surface area contributed by atoms with E-state index in [2.05, 4.69) is 51.8 Å². The molecule has 0 saturated heterocycles. The third-order valence-electron chi connectivity index (χ3n) is 4.32. The van der Waals surface area contributed by atoms with Crippen LogP contribution in [-0.4, -0.2) is 17.1 Å². The van der Waals surface area contributed by atoms with Crippen LogP contribution in [0.25, 0.3) is 10.9 Å². The first-order valence-electron chi connectivity index (χ1n) is 9.08. The Balaban J connectivity index is 2.07. The Morgan fingerprint density at radius 1 is 1.12 bits per heavy atom. The number of aromatic nitrogens is 1. The first kappa shape index (κ1) is 19.0. The molecule has 4 heteroatoms. The Hall–Kier alpha value is -1.29. The Labute approximate surface area is 153 Å². The standard InChI is InChI=1S/C20H28BrNO2/c1-3-5-6-7-8-9-12-22-15-16(13-20(23)24-4-2)18-14-17(21)10-11-19(18)22/h10-11,14-15H,3-9,12-13H2,1-2H3. The number of aryl methyl sites for hydroxylation is 1. The second-order valence-corrected chi connectivity index (χ2v) is 7.17. The van der Waals surface area contributed by atoms with Crippen molar-refractivity contribution in [3.63, 3.8) is 0 Å². The fourth-order valence-electron chi connectivity index (χ4n) is 3.10. The number of hydrogen-bond donors (Lipinski definition) is 0. The van der Waals surface area contributed by atoms with Gasteiger partial charge in [0, 0.05) is 28.1 Å². The maximum Gasteiger partial charge on any atom is 0.310 e. The molecule has 0 aliphatic heterocycles. The highest BCUT2D eigenvalue weighted by Gasteiger charge is 2.13. The molecule has 1 aromatic carbocycles. The van der Waals surface area contributed by atoms with Gasteiger partial charge in [0.05, 0.1) is 13.0 Å². The molecule has 0 atom stereocenters. The number of carbonyl (C=O) groups is 1. The van der Waals surface area contributed by atoms with Crippen molar-refractivity contribution >= 4 is 32.8 Å². The van der Waals surface area contributed by atoms with Gasteiger partial charge in [-0.15, -0.1) is 0 Å². The van der Waals surface area contributed by atoms with Gasteiger partial charge in [-0.05, 0) is 37.1 Å². The lowest BCUT2D eigenvalue weighted by Crippen LogP contribution is -2.07. The number of rotatable bonds is 10. The second kappa shape index (κ2) is 9.87. The zero-order chi connectivity index (χ0) is 17.4. The minimum Gasteiger partial charge on any atom is -0.466 e. The third kappa shape index (κ3) is 5.37. The summed E-state index contributed by atoms with van der Waals surface area (Å²) in [5.41, 5.74) is 2.25. The third-order valence-corrected chi connectivity index (χ3v) is 4.81. The molecule has 1 heterocycles. The van der Waals surface area contributed by atoms with Crippen LogP contribution in [0.5, 0.6) is 0 Å². The van der Waals surface area contributed by atoms with Gasteiger partial charge in [0.25, 0.3) is 0 Å². The summed E-state index contributed by atoms with van der Waals surface area (Å²) in [7, 11) is 0. The van der Waals surface area contributed by atoms with Gasteiger partial charge in [0.2, 0.25) is 0 Å². The highest BCUT2D eigenvalue weighted by molar-refractivity contribution is 9.10. The summed E-state index contributed by atoms with van der Waals surface area (Å²) in [6.07, 6.45) is 10.2. The molecule has 0 saturated carbocycles. The van der Waals surface area contributed by atoms with Gasteiger partial charge in [-0.1, -0.05) is 55.0 Å². The molecule has 24 heavy (non-hydrogen) atoms. The summed E-state index contributed by atoms with van der Waals surface area (Å²) >= 11 is 3.54. The van der Waals surface area contributed by atoms with Gasteiger partial charge < -0.3 is 9.30 Å². The van der Waals surface area contributed by atoms with Crippen LogP contribution in [-0.2, 0) is 22.5 Å². The molecule has 2 rings (SSSR count). The van der Waals surface area contributed by atoms with E-state index in [0.29, 0.717) is 13.0 Å². The highest BCUT2D eigenvalue weighted by Crippen LogP contribution is 2.26. The van der Waals surface area contributed by atoms with Gasteiger partial charge in [0.1, 0.15) is 0 Å². The molecule has 0 bridgehead atoms. The molecule has 0 aliphatic rings. The number of benzene rings is 1. The van der Waals surface area contributed by atoms with Crippen molar-refractivity contribution in [2.45, 2.75) is 65.3 Å². The summed E-state index contributed by atoms with van der Waals surface area (Å²) in [6, 6.07) is 6.29. The first-order valence-corrected chi connectivity index (χ1v) is 9.87. The SMILES string of the molecule is CCCCCCCCn1cc(CC(=O)OCC)c2cc(Br)ccc21. The van der Waals surface area contributed by atoms with Crippen molar-refractivity contribution in [3.05, 3.63) is 34.4 Å². The Bertz CT molecular complexity index is 663. The van der Waals surface area contributed by atoms with Crippen LogP contribution in [0.2, 0.25) is 0 Å². The quantitative estimate of drug-likeness (QED) is 0.373. The van der Waals surface area contributed by atoms with Crippen LogP contribution in [0, 0.1) is 0 Å². The first-order chi connectivity index (χ1) is 11.7. The number of nitrogens with zero attached hydrogens (tertiary/aromatic N) is 1. The van der Waals surface area contributed by atoms with E-state index in [1.165, 1.54) is 44.0 Å². The topological polar surface area (TPSA) is 31.2 Å². The molecule has 0 spiro atoms. The highest BCUT2D eigenvalue weighted by atomic mass is 79.9. The number of carbonyl (C=O) groups excluding carboxylic acids is 1. The largest absolute Gasteiger partial charge is 0.466 e. The maximum atomic E-state index is 11.9. The predicted octanol–water partition coefficient (Wildman–Crippen LogP) is 5.87. The van der Waals surface area contributed by atoms with Crippen molar-refractivity contribution < 1.29 is 9.53 Å². The minimum absolute atomic E-state index is 0.156. The van der Waals surface area contributed by atoms with Gasteiger partial charge in [-0.2, -0.15) is 0 Å². The van der Waals surface area contributed by atoms with E-state index >= 15 is 0 Å². The van der Waals surface area contributed by atoms with Crippen molar-refractivity contribution in [3.8, 4) is 0 Å². The second-order valence-electron chi connectivity index (χ2n) is 6.26. The van der Waals surface area contributed by atoms with E-state index in [1.807, 2.05) is 6.92 Å². The molecule has 1 aromatic heterocycles. The molecule has 0 N–H and O–H groups in total. The van der Waals surface area contributed by atoms with Gasteiger partial charge in [0.15, 0.2) is 0 Å². The predicted molar refractivity (Wildman–Crippen MR) is 103 cm³/mol. The molecular weight excluding hydrogens is 366 g/mol.